The Morgan fingerprint density at radius 1 is 1.56 bits per heavy atom. The summed E-state index contributed by atoms with van der Waals surface area (Å²) in [6, 6.07) is 6.55. The molecule has 1 atom stereocenters. The minimum Gasteiger partial charge on any atom is -0.489 e. The first-order chi connectivity index (χ1) is 7.72. The van der Waals surface area contributed by atoms with Crippen molar-refractivity contribution in [3.05, 3.63) is 22.7 Å². The van der Waals surface area contributed by atoms with Crippen LogP contribution in [0.15, 0.2) is 22.7 Å². The maximum absolute atomic E-state index is 5.76. The summed E-state index contributed by atoms with van der Waals surface area (Å²) in [4.78, 5) is 2.29. The largest absolute Gasteiger partial charge is 0.489 e. The lowest BCUT2D eigenvalue weighted by Gasteiger charge is -2.36. The molecule has 0 bridgehead atoms. The van der Waals surface area contributed by atoms with Gasteiger partial charge in [-0.1, -0.05) is 15.9 Å². The number of rotatable bonds is 3. The SMILES string of the molecule is CN1c2cc(Br)ccc2OCC1CCCN. The Morgan fingerprint density at radius 2 is 2.38 bits per heavy atom. The summed E-state index contributed by atoms with van der Waals surface area (Å²) in [6.07, 6.45) is 2.13. The van der Waals surface area contributed by atoms with Crippen molar-refractivity contribution in [3.63, 3.8) is 0 Å². The maximum Gasteiger partial charge on any atom is 0.142 e. The van der Waals surface area contributed by atoms with Crippen LogP contribution in [0.4, 0.5) is 5.69 Å². The van der Waals surface area contributed by atoms with E-state index in [4.69, 9.17) is 10.5 Å². The molecule has 1 aromatic rings. The highest BCUT2D eigenvalue weighted by Crippen LogP contribution is 2.35. The van der Waals surface area contributed by atoms with Gasteiger partial charge in [-0.3, -0.25) is 0 Å². The van der Waals surface area contributed by atoms with Gasteiger partial charge in [0.05, 0.1) is 11.7 Å². The Kier molecular flexibility index (Phi) is 3.71. The van der Waals surface area contributed by atoms with Crippen LogP contribution in [0.25, 0.3) is 0 Å². The standard InChI is InChI=1S/C12H17BrN2O/c1-15-10(3-2-6-14)8-16-12-5-4-9(13)7-11(12)15/h4-5,7,10H,2-3,6,8,14H2,1H3. The molecule has 2 rings (SSSR count). The summed E-state index contributed by atoms with van der Waals surface area (Å²) in [5.41, 5.74) is 6.70. The fourth-order valence-corrected chi connectivity index (χ4v) is 2.36. The molecule has 88 valence electrons. The third kappa shape index (κ3) is 2.33. The molecule has 16 heavy (non-hydrogen) atoms. The molecule has 0 fully saturated rings. The average molecular weight is 285 g/mol. The van der Waals surface area contributed by atoms with Crippen molar-refractivity contribution in [2.24, 2.45) is 5.73 Å². The third-order valence-electron chi connectivity index (χ3n) is 3.02. The average Bonchev–Trinajstić information content (AvgIpc) is 2.29. The quantitative estimate of drug-likeness (QED) is 0.926. The van der Waals surface area contributed by atoms with Crippen LogP contribution in [0.3, 0.4) is 0 Å². The van der Waals surface area contributed by atoms with Gasteiger partial charge in [-0.05, 0) is 37.6 Å². The summed E-state index contributed by atoms with van der Waals surface area (Å²) in [5.74, 6) is 0.967. The van der Waals surface area contributed by atoms with E-state index < -0.39 is 0 Å². The zero-order chi connectivity index (χ0) is 11.5. The van der Waals surface area contributed by atoms with E-state index in [2.05, 4.69) is 33.9 Å². The van der Waals surface area contributed by atoms with E-state index in [1.54, 1.807) is 0 Å². The molecule has 1 aromatic carbocycles. The van der Waals surface area contributed by atoms with E-state index in [1.807, 2.05) is 12.1 Å². The molecule has 0 amide bonds. The minimum absolute atomic E-state index is 0.436. The molecule has 2 N–H and O–H groups in total. The number of nitrogens with two attached hydrogens (primary N) is 1. The molecule has 1 heterocycles. The second-order valence-electron chi connectivity index (χ2n) is 4.12. The highest BCUT2D eigenvalue weighted by Gasteiger charge is 2.24. The second kappa shape index (κ2) is 5.06. The smallest absolute Gasteiger partial charge is 0.142 e. The van der Waals surface area contributed by atoms with Crippen molar-refractivity contribution in [1.82, 2.24) is 0 Å². The molecule has 0 saturated heterocycles. The van der Waals surface area contributed by atoms with Gasteiger partial charge in [0.15, 0.2) is 0 Å². The zero-order valence-corrected chi connectivity index (χ0v) is 11.0. The number of fused-ring (bicyclic) bond motifs is 1. The third-order valence-corrected chi connectivity index (χ3v) is 3.51. The molecule has 4 heteroatoms. The number of benzene rings is 1. The minimum atomic E-state index is 0.436. The molecule has 0 aliphatic carbocycles. The van der Waals surface area contributed by atoms with Gasteiger partial charge in [0.1, 0.15) is 12.4 Å². The van der Waals surface area contributed by atoms with E-state index in [9.17, 15) is 0 Å². The Hall–Kier alpha value is -0.740. The summed E-state index contributed by atoms with van der Waals surface area (Å²) < 4.78 is 6.84. The first-order valence-electron chi connectivity index (χ1n) is 5.57. The van der Waals surface area contributed by atoms with Crippen LogP contribution in [0.2, 0.25) is 0 Å². The molecule has 0 radical (unpaired) electrons. The van der Waals surface area contributed by atoms with Crippen molar-refractivity contribution in [2.75, 3.05) is 25.1 Å². The first-order valence-corrected chi connectivity index (χ1v) is 6.37. The number of anilines is 1. The van der Waals surface area contributed by atoms with Crippen molar-refractivity contribution in [1.29, 1.82) is 0 Å². The van der Waals surface area contributed by atoms with Gasteiger partial charge in [0.2, 0.25) is 0 Å². The predicted molar refractivity (Wildman–Crippen MR) is 70.1 cm³/mol. The fraction of sp³-hybridized carbons (Fsp3) is 0.500. The van der Waals surface area contributed by atoms with Crippen LogP contribution in [0, 0.1) is 0 Å². The lowest BCUT2D eigenvalue weighted by molar-refractivity contribution is 0.258. The molecule has 0 spiro atoms. The van der Waals surface area contributed by atoms with E-state index >= 15 is 0 Å². The lowest BCUT2D eigenvalue weighted by Crippen LogP contribution is -2.40. The summed E-state index contributed by atoms with van der Waals surface area (Å²) in [6.45, 7) is 1.50. The normalized spacial score (nSPS) is 19.2. The first kappa shape index (κ1) is 11.7. The van der Waals surface area contributed by atoms with Gasteiger partial charge in [-0.25, -0.2) is 0 Å². The second-order valence-corrected chi connectivity index (χ2v) is 5.03. The van der Waals surface area contributed by atoms with Crippen LogP contribution in [-0.4, -0.2) is 26.2 Å². The van der Waals surface area contributed by atoms with Crippen molar-refractivity contribution in [3.8, 4) is 5.75 Å². The summed E-state index contributed by atoms with van der Waals surface area (Å²) in [7, 11) is 2.12. The van der Waals surface area contributed by atoms with Gasteiger partial charge in [-0.15, -0.1) is 0 Å². The van der Waals surface area contributed by atoms with E-state index in [0.717, 1.165) is 41.9 Å². The van der Waals surface area contributed by atoms with Crippen molar-refractivity contribution in [2.45, 2.75) is 18.9 Å². The molecule has 0 saturated carbocycles. The molecular formula is C12H17BrN2O. The van der Waals surface area contributed by atoms with Crippen LogP contribution in [-0.2, 0) is 0 Å². The number of likely N-dealkylation sites (N-methyl/N-ethyl adjacent to an activating group) is 1. The summed E-state index contributed by atoms with van der Waals surface area (Å²) >= 11 is 3.49. The molecule has 0 aromatic heterocycles. The topological polar surface area (TPSA) is 38.5 Å². The Bertz CT molecular complexity index is 370. The highest BCUT2D eigenvalue weighted by molar-refractivity contribution is 9.10. The van der Waals surface area contributed by atoms with Gasteiger partial charge in [0, 0.05) is 11.5 Å². The van der Waals surface area contributed by atoms with Crippen molar-refractivity contribution < 1.29 is 4.74 Å². The fourth-order valence-electron chi connectivity index (χ4n) is 2.01. The van der Waals surface area contributed by atoms with E-state index in [1.165, 1.54) is 0 Å². The summed E-state index contributed by atoms with van der Waals surface area (Å²) in [5, 5.41) is 0. The number of hydrogen-bond acceptors (Lipinski definition) is 3. The Balaban J connectivity index is 2.17. The Morgan fingerprint density at radius 3 is 3.12 bits per heavy atom. The molecule has 1 aliphatic heterocycles. The van der Waals surface area contributed by atoms with E-state index in [-0.39, 0.29) is 0 Å². The number of hydrogen-bond donors (Lipinski definition) is 1. The monoisotopic (exact) mass is 284 g/mol. The maximum atomic E-state index is 5.76. The van der Waals surface area contributed by atoms with Crippen molar-refractivity contribution >= 4 is 21.6 Å². The van der Waals surface area contributed by atoms with Gasteiger partial charge in [0.25, 0.3) is 0 Å². The van der Waals surface area contributed by atoms with Crippen LogP contribution in [0.1, 0.15) is 12.8 Å². The number of halogens is 1. The van der Waals surface area contributed by atoms with E-state index in [0.29, 0.717) is 6.04 Å². The zero-order valence-electron chi connectivity index (χ0n) is 9.45. The molecule has 1 unspecified atom stereocenters. The van der Waals surface area contributed by atoms with Gasteiger partial charge >= 0.3 is 0 Å². The van der Waals surface area contributed by atoms with Gasteiger partial charge in [-0.2, -0.15) is 0 Å². The van der Waals surface area contributed by atoms with Crippen LogP contribution in [0.5, 0.6) is 5.75 Å². The molecule has 1 aliphatic rings. The van der Waals surface area contributed by atoms with Crippen LogP contribution >= 0.6 is 15.9 Å². The van der Waals surface area contributed by atoms with Crippen LogP contribution < -0.4 is 15.4 Å². The lowest BCUT2D eigenvalue weighted by atomic mass is 10.1. The molecular weight excluding hydrogens is 268 g/mol. The highest BCUT2D eigenvalue weighted by atomic mass is 79.9. The molecule has 3 nitrogen and oxygen atoms in total. The predicted octanol–water partition coefficient (Wildman–Crippen LogP) is 2.39. The van der Waals surface area contributed by atoms with Gasteiger partial charge < -0.3 is 15.4 Å². The number of nitrogens with zero attached hydrogens (tertiary/aromatic N) is 1. The Labute approximate surface area is 105 Å². The number of ether oxygens (including phenoxy) is 1.